The summed E-state index contributed by atoms with van der Waals surface area (Å²) >= 11 is 6.15. The second-order valence-electron chi connectivity index (χ2n) is 5.80. The van der Waals surface area contributed by atoms with Gasteiger partial charge >= 0.3 is 5.97 Å². The van der Waals surface area contributed by atoms with E-state index in [1.165, 1.54) is 11.0 Å². The lowest BCUT2D eigenvalue weighted by atomic mass is 10.1. The van der Waals surface area contributed by atoms with Crippen LogP contribution in [0.15, 0.2) is 42.7 Å². The predicted molar refractivity (Wildman–Crippen MR) is 95.8 cm³/mol. The Kier molecular flexibility index (Phi) is 5.18. The van der Waals surface area contributed by atoms with Gasteiger partial charge in [-0.15, -0.1) is 5.10 Å². The van der Waals surface area contributed by atoms with Crippen LogP contribution in [0.25, 0.3) is 5.69 Å². The summed E-state index contributed by atoms with van der Waals surface area (Å²) in [5.74, 6) is 0.433. The lowest BCUT2D eigenvalue weighted by Crippen LogP contribution is -2.28. The summed E-state index contributed by atoms with van der Waals surface area (Å²) in [6.07, 6.45) is 0.671. The molecule has 1 unspecified atom stereocenters. The van der Waals surface area contributed by atoms with Gasteiger partial charge in [-0.2, -0.15) is 0 Å². The average molecular weight is 373 g/mol. The number of halogens is 1. The smallest absolute Gasteiger partial charge is 0.352 e. The van der Waals surface area contributed by atoms with Crippen LogP contribution in [0.4, 0.5) is 0 Å². The molecule has 0 amide bonds. The van der Waals surface area contributed by atoms with E-state index in [-0.39, 0.29) is 0 Å². The van der Waals surface area contributed by atoms with Crippen LogP contribution in [0.3, 0.4) is 0 Å². The Morgan fingerprint density at radius 3 is 2.54 bits per heavy atom. The van der Waals surface area contributed by atoms with Gasteiger partial charge in [0.2, 0.25) is 0 Å². The molecule has 0 saturated heterocycles. The summed E-state index contributed by atoms with van der Waals surface area (Å²) in [4.78, 5) is 12.3. The van der Waals surface area contributed by atoms with Crippen LogP contribution < -0.4 is 9.47 Å². The zero-order valence-electron chi connectivity index (χ0n) is 14.5. The van der Waals surface area contributed by atoms with Gasteiger partial charge in [0.15, 0.2) is 6.10 Å². The van der Waals surface area contributed by atoms with Gasteiger partial charge in [-0.1, -0.05) is 17.7 Å². The molecule has 2 aromatic carbocycles. The summed E-state index contributed by atoms with van der Waals surface area (Å²) < 4.78 is 12.6. The number of aromatic nitrogens is 4. The van der Waals surface area contributed by atoms with Gasteiger partial charge < -0.3 is 9.47 Å². The molecule has 0 spiro atoms. The molecule has 1 atom stereocenters. The minimum absolute atomic E-state index is 0.377. The normalized spacial score (nSPS) is 11.8. The molecule has 134 valence electrons. The Balaban J connectivity index is 1.69. The van der Waals surface area contributed by atoms with Crippen molar-refractivity contribution in [3.05, 3.63) is 58.9 Å². The fraction of sp³-hybridized carbons (Fsp3) is 0.222. The van der Waals surface area contributed by atoms with Crippen molar-refractivity contribution < 1.29 is 14.3 Å². The second-order valence-corrected chi connectivity index (χ2v) is 6.18. The van der Waals surface area contributed by atoms with E-state index in [9.17, 15) is 4.79 Å². The van der Waals surface area contributed by atoms with E-state index in [1.807, 2.05) is 13.8 Å². The molecule has 0 aliphatic heterocycles. The number of nitrogens with zero attached hydrogens (tertiary/aromatic N) is 4. The summed E-state index contributed by atoms with van der Waals surface area (Å²) in [6, 6.07) is 10.5. The number of hydrogen-bond donors (Lipinski definition) is 0. The minimum atomic E-state index is -0.785. The Morgan fingerprint density at radius 2 is 1.88 bits per heavy atom. The van der Waals surface area contributed by atoms with Gasteiger partial charge in [0.1, 0.15) is 17.8 Å². The summed E-state index contributed by atoms with van der Waals surface area (Å²) in [7, 11) is 0. The van der Waals surface area contributed by atoms with Crippen molar-refractivity contribution in [2.45, 2.75) is 26.9 Å². The highest BCUT2D eigenvalue weighted by molar-refractivity contribution is 6.32. The SMILES string of the molecule is Cc1cc(OC(C)C(=O)Oc2cccc(-n3cnnn3)c2)cc(C)c1Cl. The van der Waals surface area contributed by atoms with E-state index in [4.69, 9.17) is 21.1 Å². The van der Waals surface area contributed by atoms with Crippen molar-refractivity contribution in [3.8, 4) is 17.2 Å². The molecule has 0 aliphatic rings. The van der Waals surface area contributed by atoms with Crippen molar-refractivity contribution in [2.75, 3.05) is 0 Å². The molecule has 0 N–H and O–H groups in total. The standard InChI is InChI=1S/C18H17ClN4O3/c1-11-7-16(8-12(2)17(11)19)25-13(3)18(24)26-15-6-4-5-14(9-15)23-10-20-21-22-23/h4-10,13H,1-3H3. The fourth-order valence-electron chi connectivity index (χ4n) is 2.39. The maximum atomic E-state index is 12.3. The third-order valence-electron chi connectivity index (χ3n) is 3.70. The summed E-state index contributed by atoms with van der Waals surface area (Å²) in [5, 5.41) is 11.6. The number of aryl methyl sites for hydroxylation is 2. The monoisotopic (exact) mass is 372 g/mol. The number of ether oxygens (including phenoxy) is 2. The maximum Gasteiger partial charge on any atom is 0.352 e. The Hall–Kier alpha value is -2.93. The van der Waals surface area contributed by atoms with Gasteiger partial charge in [-0.25, -0.2) is 9.48 Å². The molecule has 1 heterocycles. The first-order valence-corrected chi connectivity index (χ1v) is 8.30. The summed E-state index contributed by atoms with van der Waals surface area (Å²) in [5.41, 5.74) is 2.45. The molecule has 0 radical (unpaired) electrons. The number of hydrogen-bond acceptors (Lipinski definition) is 6. The number of benzene rings is 2. The number of rotatable bonds is 5. The topological polar surface area (TPSA) is 79.1 Å². The fourth-order valence-corrected chi connectivity index (χ4v) is 2.50. The lowest BCUT2D eigenvalue weighted by Gasteiger charge is -2.15. The van der Waals surface area contributed by atoms with Crippen molar-refractivity contribution >= 4 is 17.6 Å². The molecule has 26 heavy (non-hydrogen) atoms. The number of esters is 1. The van der Waals surface area contributed by atoms with E-state index >= 15 is 0 Å². The Bertz CT molecular complexity index is 905. The molecule has 7 nitrogen and oxygen atoms in total. The van der Waals surface area contributed by atoms with Gasteiger partial charge in [0.05, 0.1) is 5.69 Å². The number of carbonyl (C=O) groups is 1. The average Bonchev–Trinajstić information content (AvgIpc) is 3.14. The molecule has 3 rings (SSSR count). The maximum absolute atomic E-state index is 12.3. The van der Waals surface area contributed by atoms with E-state index in [1.54, 1.807) is 43.3 Å². The highest BCUT2D eigenvalue weighted by Crippen LogP contribution is 2.26. The zero-order valence-corrected chi connectivity index (χ0v) is 15.3. The highest BCUT2D eigenvalue weighted by atomic mass is 35.5. The quantitative estimate of drug-likeness (QED) is 0.505. The van der Waals surface area contributed by atoms with Crippen LogP contribution in [0, 0.1) is 13.8 Å². The Morgan fingerprint density at radius 1 is 1.15 bits per heavy atom. The Labute approximate surface area is 155 Å². The number of tetrazole rings is 1. The largest absolute Gasteiger partial charge is 0.479 e. The van der Waals surface area contributed by atoms with Crippen molar-refractivity contribution in [1.82, 2.24) is 20.2 Å². The van der Waals surface area contributed by atoms with E-state index in [2.05, 4.69) is 15.5 Å². The molecular weight excluding hydrogens is 356 g/mol. The van der Waals surface area contributed by atoms with Crippen LogP contribution in [-0.4, -0.2) is 32.3 Å². The number of carbonyl (C=O) groups excluding carboxylic acids is 1. The second kappa shape index (κ2) is 7.53. The van der Waals surface area contributed by atoms with Crippen LogP contribution in [0.5, 0.6) is 11.5 Å². The van der Waals surface area contributed by atoms with E-state index in [0.29, 0.717) is 22.2 Å². The molecule has 8 heteroatoms. The summed E-state index contributed by atoms with van der Waals surface area (Å²) in [6.45, 7) is 5.40. The van der Waals surface area contributed by atoms with E-state index in [0.717, 1.165) is 11.1 Å². The van der Waals surface area contributed by atoms with Crippen molar-refractivity contribution in [2.24, 2.45) is 0 Å². The van der Waals surface area contributed by atoms with Crippen LogP contribution in [-0.2, 0) is 4.79 Å². The first kappa shape index (κ1) is 17.9. The predicted octanol–water partition coefficient (Wildman–Crippen LogP) is 3.31. The molecule has 0 saturated carbocycles. The van der Waals surface area contributed by atoms with Crippen LogP contribution in [0.1, 0.15) is 18.1 Å². The highest BCUT2D eigenvalue weighted by Gasteiger charge is 2.18. The molecule has 0 aliphatic carbocycles. The third kappa shape index (κ3) is 4.00. The van der Waals surface area contributed by atoms with Gasteiger partial charge in [-0.3, -0.25) is 0 Å². The van der Waals surface area contributed by atoms with Gasteiger partial charge in [0, 0.05) is 11.1 Å². The van der Waals surface area contributed by atoms with E-state index < -0.39 is 12.1 Å². The molecular formula is C18H17ClN4O3. The van der Waals surface area contributed by atoms with Crippen molar-refractivity contribution in [1.29, 1.82) is 0 Å². The van der Waals surface area contributed by atoms with Crippen molar-refractivity contribution in [3.63, 3.8) is 0 Å². The minimum Gasteiger partial charge on any atom is -0.479 e. The third-order valence-corrected chi connectivity index (χ3v) is 4.30. The lowest BCUT2D eigenvalue weighted by molar-refractivity contribution is -0.141. The molecule has 1 aromatic heterocycles. The van der Waals surface area contributed by atoms with Crippen LogP contribution in [0.2, 0.25) is 5.02 Å². The molecule has 0 bridgehead atoms. The zero-order chi connectivity index (χ0) is 18.7. The molecule has 3 aromatic rings. The van der Waals surface area contributed by atoms with Gasteiger partial charge in [0.25, 0.3) is 0 Å². The first-order chi connectivity index (χ1) is 12.4. The first-order valence-electron chi connectivity index (χ1n) is 7.92. The van der Waals surface area contributed by atoms with Gasteiger partial charge in [-0.05, 0) is 66.6 Å². The van der Waals surface area contributed by atoms with Crippen LogP contribution >= 0.6 is 11.6 Å². The molecule has 0 fully saturated rings.